The fourth-order valence-electron chi connectivity index (χ4n) is 4.56. The van der Waals surface area contributed by atoms with Crippen molar-refractivity contribution in [2.75, 3.05) is 76.3 Å². The molecule has 3 fully saturated rings. The number of nitrogens with zero attached hydrogens (tertiary/aromatic N) is 5. The molecule has 1 aromatic rings. The normalized spacial score (nSPS) is 26.0. The molecule has 0 saturated carbocycles. The van der Waals surface area contributed by atoms with Gasteiger partial charge in [0.25, 0.3) is 0 Å². The first-order valence-electron chi connectivity index (χ1n) is 10.3. The number of piperazine rings is 1. The van der Waals surface area contributed by atoms with E-state index in [1.54, 1.807) is 0 Å². The number of piperidine rings is 1. The lowest BCUT2D eigenvalue weighted by atomic mass is 10.0. The van der Waals surface area contributed by atoms with Crippen LogP contribution in [0.2, 0.25) is 0 Å². The topological polar surface area (TPSA) is 91.0 Å². The average molecular weight is 377 g/mol. The Morgan fingerprint density at radius 1 is 1.07 bits per heavy atom. The van der Waals surface area contributed by atoms with Gasteiger partial charge in [-0.2, -0.15) is 4.98 Å². The van der Waals surface area contributed by atoms with E-state index in [1.807, 2.05) is 0 Å². The fourth-order valence-corrected chi connectivity index (χ4v) is 4.56. The minimum absolute atomic E-state index is 0.259. The van der Waals surface area contributed by atoms with E-state index in [9.17, 15) is 0 Å². The van der Waals surface area contributed by atoms with Gasteiger partial charge in [-0.15, -0.1) is 0 Å². The number of nitrogen functional groups attached to an aromatic ring is 1. The van der Waals surface area contributed by atoms with Crippen LogP contribution in [0.15, 0.2) is 6.07 Å². The Kier molecular flexibility index (Phi) is 6.07. The number of hydrogen-bond donors (Lipinski definition) is 2. The van der Waals surface area contributed by atoms with Gasteiger partial charge < -0.3 is 20.5 Å². The van der Waals surface area contributed by atoms with Gasteiger partial charge in [0.1, 0.15) is 5.82 Å². The van der Waals surface area contributed by atoms with Crippen molar-refractivity contribution in [1.29, 1.82) is 0 Å². The van der Waals surface area contributed by atoms with Crippen molar-refractivity contribution in [3.63, 3.8) is 0 Å². The minimum Gasteiger partial charge on any atom is -0.395 e. The largest absolute Gasteiger partial charge is 0.395 e. The summed E-state index contributed by atoms with van der Waals surface area (Å²) in [5.41, 5.74) is 7.02. The van der Waals surface area contributed by atoms with Crippen LogP contribution in [0.25, 0.3) is 0 Å². The highest BCUT2D eigenvalue weighted by molar-refractivity contribution is 5.45. The van der Waals surface area contributed by atoms with Crippen molar-refractivity contribution in [3.8, 4) is 0 Å². The molecule has 1 atom stereocenters. The highest BCUT2D eigenvalue weighted by Crippen LogP contribution is 2.28. The predicted molar refractivity (Wildman–Crippen MR) is 105 cm³/mol. The number of rotatable bonds is 5. The second-order valence-corrected chi connectivity index (χ2v) is 7.89. The Balaban J connectivity index is 1.33. The molecule has 3 aliphatic heterocycles. The summed E-state index contributed by atoms with van der Waals surface area (Å²) in [6, 6.07) is 2.77. The Bertz CT molecular complexity index is 608. The molecule has 0 unspecified atom stereocenters. The molecule has 0 bridgehead atoms. The molecule has 8 nitrogen and oxygen atoms in total. The molecule has 4 heterocycles. The molecule has 0 radical (unpaired) electrons. The molecule has 3 aliphatic rings. The lowest BCUT2D eigenvalue weighted by Gasteiger charge is -2.43. The smallest absolute Gasteiger partial charge is 0.222 e. The zero-order valence-electron chi connectivity index (χ0n) is 16.1. The molecular weight excluding hydrogens is 344 g/mol. The van der Waals surface area contributed by atoms with Crippen LogP contribution in [-0.4, -0.2) is 96.6 Å². The first-order chi connectivity index (χ1) is 13.2. The third-order valence-corrected chi connectivity index (χ3v) is 6.23. The van der Waals surface area contributed by atoms with Crippen molar-refractivity contribution in [3.05, 3.63) is 11.8 Å². The van der Waals surface area contributed by atoms with E-state index >= 15 is 0 Å². The predicted octanol–water partition coefficient (Wildman–Crippen LogP) is 0.141. The summed E-state index contributed by atoms with van der Waals surface area (Å²) in [6.07, 6.45) is 3.33. The van der Waals surface area contributed by atoms with Gasteiger partial charge in [0, 0.05) is 70.4 Å². The van der Waals surface area contributed by atoms with Crippen molar-refractivity contribution in [2.45, 2.75) is 31.2 Å². The SMILES string of the molecule is Nc1nc([C@H]2CCOC2)cc(N2CCC(N3CCN(CCO)CC3)CC2)n1. The molecule has 0 amide bonds. The van der Waals surface area contributed by atoms with E-state index in [2.05, 4.69) is 30.7 Å². The average Bonchev–Trinajstić information content (AvgIpc) is 3.24. The minimum atomic E-state index is 0.259. The Morgan fingerprint density at radius 3 is 2.52 bits per heavy atom. The van der Waals surface area contributed by atoms with Crippen LogP contribution in [0.1, 0.15) is 30.9 Å². The number of aliphatic hydroxyl groups is 1. The highest BCUT2D eigenvalue weighted by atomic mass is 16.5. The van der Waals surface area contributed by atoms with Crippen LogP contribution in [0.5, 0.6) is 0 Å². The maximum absolute atomic E-state index is 9.09. The summed E-state index contributed by atoms with van der Waals surface area (Å²) in [6.45, 7) is 8.98. The van der Waals surface area contributed by atoms with E-state index in [-0.39, 0.29) is 6.61 Å². The summed E-state index contributed by atoms with van der Waals surface area (Å²) >= 11 is 0. The van der Waals surface area contributed by atoms with Crippen molar-refractivity contribution < 1.29 is 9.84 Å². The molecule has 4 rings (SSSR count). The molecule has 27 heavy (non-hydrogen) atoms. The summed E-state index contributed by atoms with van der Waals surface area (Å²) in [5.74, 6) is 1.69. The fraction of sp³-hybridized carbons (Fsp3) is 0.789. The number of ether oxygens (including phenoxy) is 1. The van der Waals surface area contributed by atoms with Gasteiger partial charge in [0.05, 0.1) is 18.9 Å². The zero-order valence-corrected chi connectivity index (χ0v) is 16.1. The van der Waals surface area contributed by atoms with Gasteiger partial charge in [-0.25, -0.2) is 4.98 Å². The Morgan fingerprint density at radius 2 is 1.85 bits per heavy atom. The number of aromatic nitrogens is 2. The molecule has 150 valence electrons. The van der Waals surface area contributed by atoms with Crippen LogP contribution in [0.4, 0.5) is 11.8 Å². The summed E-state index contributed by atoms with van der Waals surface area (Å²) in [5, 5.41) is 9.09. The van der Waals surface area contributed by atoms with Gasteiger partial charge in [0.15, 0.2) is 0 Å². The van der Waals surface area contributed by atoms with Crippen LogP contribution in [0.3, 0.4) is 0 Å². The third-order valence-electron chi connectivity index (χ3n) is 6.23. The van der Waals surface area contributed by atoms with Gasteiger partial charge in [0.2, 0.25) is 5.95 Å². The van der Waals surface area contributed by atoms with Gasteiger partial charge in [-0.3, -0.25) is 9.80 Å². The standard InChI is InChI=1S/C19H32N6O2/c20-19-21-17(15-3-12-27-14-15)13-18(22-19)25-4-1-16(2-5-25)24-8-6-23(7-9-24)10-11-26/h13,15-16,26H,1-12,14H2,(H2,20,21,22)/t15-/m0/s1. The van der Waals surface area contributed by atoms with Gasteiger partial charge in [-0.05, 0) is 19.3 Å². The Labute approximate surface area is 161 Å². The summed E-state index contributed by atoms with van der Waals surface area (Å²) in [7, 11) is 0. The summed E-state index contributed by atoms with van der Waals surface area (Å²) in [4.78, 5) is 16.3. The van der Waals surface area contributed by atoms with Crippen LogP contribution < -0.4 is 10.6 Å². The molecule has 8 heteroatoms. The molecular formula is C19H32N6O2. The van der Waals surface area contributed by atoms with E-state index < -0.39 is 0 Å². The van der Waals surface area contributed by atoms with Crippen molar-refractivity contribution in [1.82, 2.24) is 19.8 Å². The van der Waals surface area contributed by atoms with Crippen molar-refractivity contribution >= 4 is 11.8 Å². The van der Waals surface area contributed by atoms with Gasteiger partial charge >= 0.3 is 0 Å². The zero-order chi connectivity index (χ0) is 18.6. The quantitative estimate of drug-likeness (QED) is 0.750. The van der Waals surface area contributed by atoms with Gasteiger partial charge in [-0.1, -0.05) is 0 Å². The molecule has 1 aromatic heterocycles. The maximum atomic E-state index is 9.09. The molecule has 0 spiro atoms. The van der Waals surface area contributed by atoms with E-state index in [0.717, 1.165) is 89.8 Å². The molecule has 0 aromatic carbocycles. The van der Waals surface area contributed by atoms with Crippen LogP contribution in [0, 0.1) is 0 Å². The molecule has 3 saturated heterocycles. The number of anilines is 2. The van der Waals surface area contributed by atoms with E-state index in [0.29, 0.717) is 17.9 Å². The van der Waals surface area contributed by atoms with E-state index in [4.69, 9.17) is 15.6 Å². The summed E-state index contributed by atoms with van der Waals surface area (Å²) < 4.78 is 5.50. The monoisotopic (exact) mass is 376 g/mol. The van der Waals surface area contributed by atoms with Crippen molar-refractivity contribution in [2.24, 2.45) is 0 Å². The Hall–Kier alpha value is -1.48. The number of hydrogen-bond acceptors (Lipinski definition) is 8. The number of nitrogens with two attached hydrogens (primary N) is 1. The number of aliphatic hydroxyl groups excluding tert-OH is 1. The molecule has 0 aliphatic carbocycles. The van der Waals surface area contributed by atoms with Crippen LogP contribution >= 0.6 is 0 Å². The lowest BCUT2D eigenvalue weighted by Crippen LogP contribution is -2.53. The lowest BCUT2D eigenvalue weighted by molar-refractivity contribution is 0.0746. The third kappa shape index (κ3) is 4.51. The number of β-amino-alcohol motifs (C(OH)–C–C–N with tert-alkyl or cyclic N) is 1. The first-order valence-corrected chi connectivity index (χ1v) is 10.3. The second kappa shape index (κ2) is 8.68. The highest BCUT2D eigenvalue weighted by Gasteiger charge is 2.28. The molecule has 3 N–H and O–H groups in total. The van der Waals surface area contributed by atoms with E-state index in [1.165, 1.54) is 0 Å². The first kappa shape index (κ1) is 18.9. The van der Waals surface area contributed by atoms with Crippen LogP contribution in [-0.2, 0) is 4.74 Å². The maximum Gasteiger partial charge on any atom is 0.222 e. The second-order valence-electron chi connectivity index (χ2n) is 7.89.